The molecule has 0 radical (unpaired) electrons. The summed E-state index contributed by atoms with van der Waals surface area (Å²) in [5, 5.41) is 10.9. The van der Waals surface area contributed by atoms with Crippen molar-refractivity contribution in [1.82, 2.24) is 15.2 Å². The van der Waals surface area contributed by atoms with E-state index in [9.17, 15) is 4.79 Å². The first kappa shape index (κ1) is 11.7. The van der Waals surface area contributed by atoms with E-state index >= 15 is 0 Å². The van der Waals surface area contributed by atoms with E-state index in [2.05, 4.69) is 20.5 Å². The number of aromatic amines is 1. The summed E-state index contributed by atoms with van der Waals surface area (Å²) < 4.78 is 0. The molecule has 6 heteroatoms. The van der Waals surface area contributed by atoms with Crippen molar-refractivity contribution in [3.05, 3.63) is 53.4 Å². The van der Waals surface area contributed by atoms with Crippen molar-refractivity contribution >= 4 is 34.1 Å². The van der Waals surface area contributed by atoms with Gasteiger partial charge in [0.05, 0.1) is 23.0 Å². The standard InChI is InChI=1S/C13H9ClN4O/c14-11-5-4-9(6-15-11)13(19)17-10-3-1-2-8-7-16-18-12(8)10/h1-7H,(H,16,18)(H,17,19). The minimum Gasteiger partial charge on any atom is -0.320 e. The largest absolute Gasteiger partial charge is 0.320 e. The number of para-hydroxylation sites is 1. The van der Waals surface area contributed by atoms with Gasteiger partial charge >= 0.3 is 0 Å². The van der Waals surface area contributed by atoms with Crippen LogP contribution in [0.1, 0.15) is 10.4 Å². The number of carbonyl (C=O) groups excluding carboxylic acids is 1. The molecule has 0 spiro atoms. The van der Waals surface area contributed by atoms with E-state index in [-0.39, 0.29) is 5.91 Å². The van der Waals surface area contributed by atoms with Crippen LogP contribution in [0.4, 0.5) is 5.69 Å². The highest BCUT2D eigenvalue weighted by atomic mass is 35.5. The third-order valence-electron chi connectivity index (χ3n) is 2.71. The first-order chi connectivity index (χ1) is 9.24. The predicted octanol–water partition coefficient (Wildman–Crippen LogP) is 2.86. The van der Waals surface area contributed by atoms with Crippen molar-refractivity contribution in [2.45, 2.75) is 0 Å². The Labute approximate surface area is 113 Å². The summed E-state index contributed by atoms with van der Waals surface area (Å²) >= 11 is 5.68. The van der Waals surface area contributed by atoms with Crippen LogP contribution in [0.2, 0.25) is 5.15 Å². The molecule has 0 aliphatic carbocycles. The Morgan fingerprint density at radius 1 is 1.21 bits per heavy atom. The highest BCUT2D eigenvalue weighted by Crippen LogP contribution is 2.21. The summed E-state index contributed by atoms with van der Waals surface area (Å²) in [6.45, 7) is 0. The maximum Gasteiger partial charge on any atom is 0.257 e. The maximum absolute atomic E-state index is 12.1. The normalized spacial score (nSPS) is 10.6. The quantitative estimate of drug-likeness (QED) is 0.705. The lowest BCUT2D eigenvalue weighted by Gasteiger charge is -2.05. The van der Waals surface area contributed by atoms with Crippen LogP contribution >= 0.6 is 11.6 Å². The molecular weight excluding hydrogens is 264 g/mol. The number of rotatable bonds is 2. The molecule has 2 heterocycles. The zero-order valence-corrected chi connectivity index (χ0v) is 10.5. The van der Waals surface area contributed by atoms with Crippen molar-refractivity contribution < 1.29 is 4.79 Å². The Hall–Kier alpha value is -2.40. The van der Waals surface area contributed by atoms with Gasteiger partial charge < -0.3 is 5.32 Å². The maximum atomic E-state index is 12.1. The van der Waals surface area contributed by atoms with Gasteiger partial charge in [0.15, 0.2) is 0 Å². The Morgan fingerprint density at radius 2 is 2.11 bits per heavy atom. The van der Waals surface area contributed by atoms with E-state index in [1.807, 2.05) is 18.2 Å². The minimum absolute atomic E-state index is 0.244. The molecule has 2 aromatic heterocycles. The molecule has 0 fully saturated rings. The van der Waals surface area contributed by atoms with Crippen LogP contribution < -0.4 is 5.32 Å². The number of H-pyrrole nitrogens is 1. The molecule has 0 saturated carbocycles. The molecule has 19 heavy (non-hydrogen) atoms. The predicted molar refractivity (Wildman–Crippen MR) is 73.3 cm³/mol. The fourth-order valence-corrected chi connectivity index (χ4v) is 1.89. The van der Waals surface area contributed by atoms with E-state index in [4.69, 9.17) is 11.6 Å². The molecule has 0 saturated heterocycles. The number of hydrogen-bond acceptors (Lipinski definition) is 3. The molecule has 3 rings (SSSR count). The van der Waals surface area contributed by atoms with E-state index in [1.54, 1.807) is 18.3 Å². The SMILES string of the molecule is O=C(Nc1cccc2cn[nH]c12)c1ccc(Cl)nc1. The summed E-state index contributed by atoms with van der Waals surface area (Å²) in [5.41, 5.74) is 1.91. The number of anilines is 1. The van der Waals surface area contributed by atoms with Crippen molar-refractivity contribution in [3.8, 4) is 0 Å². The zero-order chi connectivity index (χ0) is 13.2. The van der Waals surface area contributed by atoms with Gasteiger partial charge in [-0.15, -0.1) is 0 Å². The van der Waals surface area contributed by atoms with Gasteiger partial charge in [0.1, 0.15) is 5.15 Å². The second kappa shape index (κ2) is 4.70. The molecular formula is C13H9ClN4O. The number of benzene rings is 1. The van der Waals surface area contributed by atoms with Gasteiger partial charge in [-0.3, -0.25) is 9.89 Å². The summed E-state index contributed by atoms with van der Waals surface area (Å²) in [5.74, 6) is -0.244. The lowest BCUT2D eigenvalue weighted by atomic mass is 10.2. The summed E-state index contributed by atoms with van der Waals surface area (Å²) in [4.78, 5) is 15.9. The van der Waals surface area contributed by atoms with Crippen LogP contribution in [0.15, 0.2) is 42.7 Å². The lowest BCUT2D eigenvalue weighted by Crippen LogP contribution is -2.12. The summed E-state index contributed by atoms with van der Waals surface area (Å²) in [6.07, 6.45) is 3.14. The molecule has 0 atom stereocenters. The monoisotopic (exact) mass is 272 g/mol. The lowest BCUT2D eigenvalue weighted by molar-refractivity contribution is 0.102. The van der Waals surface area contributed by atoms with E-state index in [0.717, 1.165) is 10.9 Å². The van der Waals surface area contributed by atoms with Crippen molar-refractivity contribution in [2.24, 2.45) is 0 Å². The number of pyridine rings is 1. The topological polar surface area (TPSA) is 70.7 Å². The van der Waals surface area contributed by atoms with Gasteiger partial charge in [-0.1, -0.05) is 23.7 Å². The molecule has 5 nitrogen and oxygen atoms in total. The average molecular weight is 273 g/mol. The van der Waals surface area contributed by atoms with E-state index in [0.29, 0.717) is 16.4 Å². The van der Waals surface area contributed by atoms with Crippen LogP contribution in [0, 0.1) is 0 Å². The van der Waals surface area contributed by atoms with Gasteiger partial charge in [-0.2, -0.15) is 5.10 Å². The van der Waals surface area contributed by atoms with E-state index in [1.165, 1.54) is 6.20 Å². The molecule has 0 aliphatic rings. The second-order valence-corrected chi connectivity index (χ2v) is 4.35. The van der Waals surface area contributed by atoms with Gasteiger partial charge in [-0.25, -0.2) is 4.98 Å². The second-order valence-electron chi connectivity index (χ2n) is 3.96. The molecule has 1 amide bonds. The number of amides is 1. The molecule has 2 N–H and O–H groups in total. The molecule has 3 aromatic rings. The van der Waals surface area contributed by atoms with Gasteiger partial charge in [-0.05, 0) is 18.2 Å². The third-order valence-corrected chi connectivity index (χ3v) is 2.94. The highest BCUT2D eigenvalue weighted by molar-refractivity contribution is 6.29. The van der Waals surface area contributed by atoms with Crippen molar-refractivity contribution in [1.29, 1.82) is 0 Å². The summed E-state index contributed by atoms with van der Waals surface area (Å²) in [7, 11) is 0. The number of fused-ring (bicyclic) bond motifs is 1. The average Bonchev–Trinajstić information content (AvgIpc) is 2.89. The summed E-state index contributed by atoms with van der Waals surface area (Å²) in [6, 6.07) is 8.78. The van der Waals surface area contributed by atoms with Crippen molar-refractivity contribution in [3.63, 3.8) is 0 Å². The Morgan fingerprint density at radius 3 is 2.89 bits per heavy atom. The van der Waals surface area contributed by atoms with Crippen LogP contribution in [-0.2, 0) is 0 Å². The van der Waals surface area contributed by atoms with Crippen LogP contribution in [-0.4, -0.2) is 21.1 Å². The number of aromatic nitrogens is 3. The molecule has 94 valence electrons. The molecule has 0 aliphatic heterocycles. The Bertz CT molecular complexity index is 736. The fourth-order valence-electron chi connectivity index (χ4n) is 1.78. The van der Waals surface area contributed by atoms with Gasteiger partial charge in [0.2, 0.25) is 0 Å². The molecule has 0 bridgehead atoms. The number of nitrogens with one attached hydrogen (secondary N) is 2. The number of halogens is 1. The first-order valence-electron chi connectivity index (χ1n) is 5.59. The Kier molecular flexibility index (Phi) is 2.89. The highest BCUT2D eigenvalue weighted by Gasteiger charge is 2.09. The fraction of sp³-hybridized carbons (Fsp3) is 0. The van der Waals surface area contributed by atoms with Crippen LogP contribution in [0.25, 0.3) is 10.9 Å². The van der Waals surface area contributed by atoms with Gasteiger partial charge in [0.25, 0.3) is 5.91 Å². The molecule has 0 unspecified atom stereocenters. The minimum atomic E-state index is -0.244. The van der Waals surface area contributed by atoms with E-state index < -0.39 is 0 Å². The van der Waals surface area contributed by atoms with Crippen molar-refractivity contribution in [2.75, 3.05) is 5.32 Å². The zero-order valence-electron chi connectivity index (χ0n) is 9.72. The molecule has 1 aromatic carbocycles. The smallest absolute Gasteiger partial charge is 0.257 e. The third kappa shape index (κ3) is 2.28. The first-order valence-corrected chi connectivity index (χ1v) is 5.97. The van der Waals surface area contributed by atoms with Crippen LogP contribution in [0.3, 0.4) is 0 Å². The number of nitrogens with zero attached hydrogens (tertiary/aromatic N) is 2. The number of carbonyl (C=O) groups is 1. The van der Waals surface area contributed by atoms with Gasteiger partial charge in [0, 0.05) is 11.6 Å². The number of hydrogen-bond donors (Lipinski definition) is 2. The Balaban J connectivity index is 1.90. The van der Waals surface area contributed by atoms with Crippen LogP contribution in [0.5, 0.6) is 0 Å².